The molecule has 3 heterocycles. The zero-order chi connectivity index (χ0) is 12.7. The monoisotopic (exact) mass is 249 g/mol. The number of fused-ring (bicyclic) bond motifs is 1. The van der Waals surface area contributed by atoms with Gasteiger partial charge in [0, 0.05) is 12.0 Å². The Morgan fingerprint density at radius 2 is 2.06 bits per heavy atom. The summed E-state index contributed by atoms with van der Waals surface area (Å²) in [5.74, 6) is 1.09. The molecule has 0 aliphatic carbocycles. The van der Waals surface area contributed by atoms with Crippen LogP contribution in [0.5, 0.6) is 0 Å². The summed E-state index contributed by atoms with van der Waals surface area (Å²) >= 11 is 0. The number of aromatic nitrogens is 4. The van der Waals surface area contributed by atoms with Crippen LogP contribution in [0, 0.1) is 0 Å². The molecule has 2 aromatic heterocycles. The summed E-state index contributed by atoms with van der Waals surface area (Å²) in [7, 11) is 0. The minimum Gasteiger partial charge on any atom is -0.336 e. The highest BCUT2D eigenvalue weighted by Crippen LogP contribution is 2.25. The van der Waals surface area contributed by atoms with E-state index < -0.39 is 11.2 Å². The van der Waals surface area contributed by atoms with E-state index in [4.69, 9.17) is 0 Å². The number of nitrogens with zero attached hydrogens (tertiary/aromatic N) is 1. The van der Waals surface area contributed by atoms with Crippen LogP contribution >= 0.6 is 0 Å². The molecule has 7 heteroatoms. The first-order valence-electron chi connectivity index (χ1n) is 6.09. The Balaban J connectivity index is 2.05. The van der Waals surface area contributed by atoms with Crippen LogP contribution in [0.3, 0.4) is 0 Å². The Labute approximate surface area is 102 Å². The fraction of sp³-hybridized carbons (Fsp3) is 0.545. The van der Waals surface area contributed by atoms with Crippen molar-refractivity contribution in [3.05, 3.63) is 26.7 Å². The second-order valence-corrected chi connectivity index (χ2v) is 4.83. The average Bonchev–Trinajstić information content (AvgIpc) is 2.73. The molecular weight excluding hydrogens is 234 g/mol. The van der Waals surface area contributed by atoms with Gasteiger partial charge >= 0.3 is 5.69 Å². The van der Waals surface area contributed by atoms with Gasteiger partial charge in [-0.05, 0) is 26.3 Å². The van der Waals surface area contributed by atoms with Crippen LogP contribution in [-0.4, -0.2) is 32.5 Å². The summed E-state index contributed by atoms with van der Waals surface area (Å²) in [5, 5.41) is 3.37. The van der Waals surface area contributed by atoms with Crippen LogP contribution in [0.4, 0.5) is 0 Å². The average molecular weight is 249 g/mol. The van der Waals surface area contributed by atoms with Gasteiger partial charge in [-0.25, -0.2) is 9.78 Å². The third kappa shape index (κ3) is 1.86. The number of rotatable bonds is 1. The topological polar surface area (TPSA) is 106 Å². The van der Waals surface area contributed by atoms with Crippen molar-refractivity contribution in [3.8, 4) is 0 Å². The summed E-state index contributed by atoms with van der Waals surface area (Å²) in [6.07, 6.45) is 1.95. The molecule has 0 bridgehead atoms. The molecule has 1 aliphatic rings. The van der Waals surface area contributed by atoms with E-state index in [-0.39, 0.29) is 0 Å². The van der Waals surface area contributed by atoms with Gasteiger partial charge in [-0.15, -0.1) is 0 Å². The lowest BCUT2D eigenvalue weighted by Crippen LogP contribution is -2.35. The molecule has 7 nitrogen and oxygen atoms in total. The molecule has 0 amide bonds. The summed E-state index contributed by atoms with van der Waals surface area (Å²) in [6.45, 7) is 3.07. The number of nitrogens with one attached hydrogen (secondary N) is 4. The maximum absolute atomic E-state index is 11.6. The fourth-order valence-electron chi connectivity index (χ4n) is 2.52. The summed E-state index contributed by atoms with van der Waals surface area (Å²) in [6, 6.07) is 0.439. The third-order valence-corrected chi connectivity index (χ3v) is 3.42. The molecule has 4 N–H and O–H groups in total. The molecule has 0 aromatic carbocycles. The van der Waals surface area contributed by atoms with Gasteiger partial charge in [0.15, 0.2) is 5.65 Å². The van der Waals surface area contributed by atoms with Gasteiger partial charge < -0.3 is 10.3 Å². The number of hydrogen-bond acceptors (Lipinski definition) is 4. The van der Waals surface area contributed by atoms with Crippen molar-refractivity contribution in [1.82, 2.24) is 25.3 Å². The summed E-state index contributed by atoms with van der Waals surface area (Å²) in [4.78, 5) is 34.8. The third-order valence-electron chi connectivity index (χ3n) is 3.42. The molecule has 1 saturated heterocycles. The predicted molar refractivity (Wildman–Crippen MR) is 66.8 cm³/mol. The van der Waals surface area contributed by atoms with Gasteiger partial charge in [-0.1, -0.05) is 0 Å². The van der Waals surface area contributed by atoms with Gasteiger partial charge in [0.1, 0.15) is 11.3 Å². The predicted octanol–water partition coefficient (Wildman–Crippen LogP) is -0.205. The standard InChI is InChI=1S/C11H15N5O2/c1-5-4-6(2-3-12-5)8-13-7-9(14-8)15-11(18)16-10(7)17/h5-6,12H,2-4H2,1H3,(H3,13,14,15,16,17,18). The zero-order valence-electron chi connectivity index (χ0n) is 10.0. The number of imidazole rings is 1. The second kappa shape index (κ2) is 4.09. The first-order valence-corrected chi connectivity index (χ1v) is 6.09. The maximum atomic E-state index is 11.6. The summed E-state index contributed by atoms with van der Waals surface area (Å²) < 4.78 is 0. The van der Waals surface area contributed by atoms with Crippen molar-refractivity contribution >= 4 is 11.2 Å². The van der Waals surface area contributed by atoms with Gasteiger partial charge in [0.05, 0.1) is 0 Å². The molecule has 3 rings (SSSR count). The smallest absolute Gasteiger partial charge is 0.327 e. The van der Waals surface area contributed by atoms with Crippen molar-refractivity contribution in [2.75, 3.05) is 6.54 Å². The first-order chi connectivity index (χ1) is 8.63. The Bertz CT molecular complexity index is 683. The molecule has 0 spiro atoms. The van der Waals surface area contributed by atoms with Crippen molar-refractivity contribution in [2.45, 2.75) is 31.7 Å². The van der Waals surface area contributed by atoms with Crippen LogP contribution in [0.2, 0.25) is 0 Å². The molecule has 96 valence electrons. The highest BCUT2D eigenvalue weighted by Gasteiger charge is 2.23. The van der Waals surface area contributed by atoms with E-state index in [9.17, 15) is 9.59 Å². The molecule has 2 aromatic rings. The van der Waals surface area contributed by atoms with Crippen LogP contribution in [0.25, 0.3) is 11.2 Å². The number of aromatic amines is 3. The SMILES string of the molecule is CC1CC(c2nc3[nH]c(=O)[nH]c(=O)c3[nH]2)CCN1. The largest absolute Gasteiger partial charge is 0.336 e. The Kier molecular flexibility index (Phi) is 2.55. The van der Waals surface area contributed by atoms with Gasteiger partial charge in [0.25, 0.3) is 5.56 Å². The minimum atomic E-state index is -0.524. The number of hydrogen-bond donors (Lipinski definition) is 4. The van der Waals surface area contributed by atoms with Crippen LogP contribution in [-0.2, 0) is 0 Å². The molecule has 1 fully saturated rings. The van der Waals surface area contributed by atoms with Crippen LogP contribution < -0.4 is 16.6 Å². The van der Waals surface area contributed by atoms with E-state index in [0.29, 0.717) is 23.1 Å². The fourth-order valence-corrected chi connectivity index (χ4v) is 2.52. The quantitative estimate of drug-likeness (QED) is 0.561. The molecule has 1 aliphatic heterocycles. The molecule has 0 saturated carbocycles. The van der Waals surface area contributed by atoms with Crippen LogP contribution in [0.15, 0.2) is 9.59 Å². The lowest BCUT2D eigenvalue weighted by atomic mass is 9.93. The lowest BCUT2D eigenvalue weighted by Gasteiger charge is -2.26. The highest BCUT2D eigenvalue weighted by molar-refractivity contribution is 5.68. The number of H-pyrrole nitrogens is 3. The van der Waals surface area contributed by atoms with Crippen molar-refractivity contribution < 1.29 is 0 Å². The van der Waals surface area contributed by atoms with E-state index in [1.54, 1.807) is 0 Å². The van der Waals surface area contributed by atoms with Crippen molar-refractivity contribution in [2.24, 2.45) is 0 Å². The van der Waals surface area contributed by atoms with E-state index in [1.807, 2.05) is 0 Å². The Morgan fingerprint density at radius 3 is 2.83 bits per heavy atom. The molecule has 2 unspecified atom stereocenters. The van der Waals surface area contributed by atoms with Gasteiger partial charge in [-0.2, -0.15) is 0 Å². The first kappa shape index (κ1) is 11.2. The van der Waals surface area contributed by atoms with E-state index in [0.717, 1.165) is 25.2 Å². The summed E-state index contributed by atoms with van der Waals surface area (Å²) in [5.41, 5.74) is -0.264. The normalized spacial score (nSPS) is 24.5. The zero-order valence-corrected chi connectivity index (χ0v) is 10.0. The van der Waals surface area contributed by atoms with Crippen molar-refractivity contribution in [3.63, 3.8) is 0 Å². The van der Waals surface area contributed by atoms with Crippen molar-refractivity contribution in [1.29, 1.82) is 0 Å². The van der Waals surface area contributed by atoms with E-state index >= 15 is 0 Å². The molecular formula is C11H15N5O2. The second-order valence-electron chi connectivity index (χ2n) is 4.83. The van der Waals surface area contributed by atoms with Gasteiger partial charge in [0.2, 0.25) is 0 Å². The maximum Gasteiger partial charge on any atom is 0.327 e. The molecule has 18 heavy (non-hydrogen) atoms. The van der Waals surface area contributed by atoms with E-state index in [2.05, 4.69) is 32.2 Å². The minimum absolute atomic E-state index is 0.302. The van der Waals surface area contributed by atoms with Gasteiger partial charge in [-0.3, -0.25) is 14.8 Å². The lowest BCUT2D eigenvalue weighted by molar-refractivity contribution is 0.373. The Morgan fingerprint density at radius 1 is 1.22 bits per heavy atom. The van der Waals surface area contributed by atoms with Crippen LogP contribution in [0.1, 0.15) is 31.5 Å². The van der Waals surface area contributed by atoms with E-state index in [1.165, 1.54) is 0 Å². The highest BCUT2D eigenvalue weighted by atomic mass is 16.2. The molecule has 0 radical (unpaired) electrons. The number of piperidine rings is 1. The molecule has 2 atom stereocenters. The Hall–Kier alpha value is -1.89.